The van der Waals surface area contributed by atoms with Crippen LogP contribution in [0.2, 0.25) is 0 Å². The summed E-state index contributed by atoms with van der Waals surface area (Å²) in [6.07, 6.45) is 5.38. The number of thiazole rings is 1. The molecule has 0 aromatic carbocycles. The van der Waals surface area contributed by atoms with Crippen LogP contribution < -0.4 is 10.6 Å². The molecule has 0 saturated heterocycles. The molecule has 2 bridgehead atoms. The van der Waals surface area contributed by atoms with Crippen molar-refractivity contribution in [2.45, 2.75) is 31.7 Å². The van der Waals surface area contributed by atoms with Gasteiger partial charge in [-0.25, -0.2) is 9.78 Å². The van der Waals surface area contributed by atoms with Gasteiger partial charge in [0.1, 0.15) is 0 Å². The van der Waals surface area contributed by atoms with Crippen molar-refractivity contribution in [3.05, 3.63) is 16.6 Å². The second-order valence-corrected chi connectivity index (χ2v) is 6.78. The van der Waals surface area contributed by atoms with E-state index in [-0.39, 0.29) is 18.0 Å². The number of nitrogens with one attached hydrogen (secondary N) is 2. The Hall–Kier alpha value is -1.63. The van der Waals surface area contributed by atoms with Gasteiger partial charge in [-0.05, 0) is 31.1 Å². The third-order valence-electron chi connectivity index (χ3n) is 4.61. The lowest BCUT2D eigenvalue weighted by atomic mass is 9.84. The number of fused-ring (bicyclic) bond motifs is 2. The quantitative estimate of drug-likeness (QED) is 0.768. The molecule has 6 nitrogen and oxygen atoms in total. The first-order chi connectivity index (χ1) is 10.1. The van der Waals surface area contributed by atoms with E-state index in [4.69, 9.17) is 0 Å². The molecule has 1 aromatic rings. The van der Waals surface area contributed by atoms with Crippen LogP contribution >= 0.6 is 11.3 Å². The van der Waals surface area contributed by atoms with Crippen LogP contribution in [0.15, 0.2) is 11.6 Å². The maximum atomic E-state index is 11.9. The third kappa shape index (κ3) is 3.02. The molecule has 0 spiro atoms. The van der Waals surface area contributed by atoms with Gasteiger partial charge < -0.3 is 15.7 Å². The predicted molar refractivity (Wildman–Crippen MR) is 78.1 cm³/mol. The summed E-state index contributed by atoms with van der Waals surface area (Å²) in [5, 5.41) is 17.9. The highest BCUT2D eigenvalue weighted by molar-refractivity contribution is 7.09. The zero-order valence-corrected chi connectivity index (χ0v) is 12.4. The molecule has 3 N–H and O–H groups in total. The van der Waals surface area contributed by atoms with Crippen LogP contribution in [-0.4, -0.2) is 34.7 Å². The minimum absolute atomic E-state index is 0.221. The topological polar surface area (TPSA) is 91.3 Å². The molecule has 2 amide bonds. The monoisotopic (exact) mass is 309 g/mol. The number of hydrogen-bond acceptors (Lipinski definition) is 4. The zero-order chi connectivity index (χ0) is 14.8. The second kappa shape index (κ2) is 6.01. The van der Waals surface area contributed by atoms with Crippen LogP contribution in [0.25, 0.3) is 0 Å². The highest BCUT2D eigenvalue weighted by atomic mass is 32.1. The lowest BCUT2D eigenvalue weighted by Crippen LogP contribution is -2.50. The zero-order valence-electron chi connectivity index (χ0n) is 11.6. The fourth-order valence-corrected chi connectivity index (χ4v) is 4.34. The van der Waals surface area contributed by atoms with Gasteiger partial charge in [0.2, 0.25) is 0 Å². The maximum absolute atomic E-state index is 11.9. The highest BCUT2D eigenvalue weighted by Crippen LogP contribution is 2.48. The fraction of sp³-hybridized carbons (Fsp3) is 0.643. The van der Waals surface area contributed by atoms with Gasteiger partial charge in [0.25, 0.3) is 0 Å². The van der Waals surface area contributed by atoms with Crippen molar-refractivity contribution >= 4 is 23.3 Å². The minimum atomic E-state index is -0.782. The molecular formula is C14H19N3O3S. The number of amides is 2. The summed E-state index contributed by atoms with van der Waals surface area (Å²) in [6, 6.07) is -0.489. The molecule has 0 aliphatic heterocycles. The Bertz CT molecular complexity index is 520. The van der Waals surface area contributed by atoms with E-state index in [1.807, 2.05) is 5.38 Å². The molecule has 2 aliphatic rings. The number of carboxylic acids is 1. The van der Waals surface area contributed by atoms with E-state index >= 15 is 0 Å². The molecular weight excluding hydrogens is 290 g/mol. The molecule has 2 saturated carbocycles. The first kappa shape index (κ1) is 14.3. The minimum Gasteiger partial charge on any atom is -0.481 e. The Kier molecular flexibility index (Phi) is 4.10. The van der Waals surface area contributed by atoms with Crippen LogP contribution in [0, 0.1) is 17.8 Å². The molecule has 2 fully saturated rings. The largest absolute Gasteiger partial charge is 0.481 e. The van der Waals surface area contributed by atoms with Crippen LogP contribution in [0.1, 0.15) is 24.3 Å². The lowest BCUT2D eigenvalue weighted by Gasteiger charge is -2.28. The Morgan fingerprint density at radius 3 is 2.90 bits per heavy atom. The summed E-state index contributed by atoms with van der Waals surface area (Å²) in [5.74, 6) is -0.655. The van der Waals surface area contributed by atoms with Crippen LogP contribution in [0.4, 0.5) is 4.79 Å². The van der Waals surface area contributed by atoms with Crippen molar-refractivity contribution in [2.24, 2.45) is 17.8 Å². The van der Waals surface area contributed by atoms with E-state index in [0.29, 0.717) is 18.9 Å². The van der Waals surface area contributed by atoms with E-state index in [0.717, 1.165) is 24.3 Å². The molecule has 114 valence electrons. The smallest absolute Gasteiger partial charge is 0.315 e. The lowest BCUT2D eigenvalue weighted by molar-refractivity contribution is -0.144. The average Bonchev–Trinajstić information content (AvgIpc) is 3.14. The summed E-state index contributed by atoms with van der Waals surface area (Å²) >= 11 is 1.56. The van der Waals surface area contributed by atoms with E-state index in [1.54, 1.807) is 17.5 Å². The van der Waals surface area contributed by atoms with Gasteiger partial charge >= 0.3 is 12.0 Å². The fourth-order valence-electron chi connectivity index (χ4n) is 3.72. The summed E-state index contributed by atoms with van der Waals surface area (Å²) < 4.78 is 0. The Balaban J connectivity index is 1.49. The van der Waals surface area contributed by atoms with Crippen molar-refractivity contribution in [3.63, 3.8) is 0 Å². The SMILES string of the molecule is O=C(NCCc1nccs1)NC1C2CCC(C2)C1C(=O)O. The highest BCUT2D eigenvalue weighted by Gasteiger charge is 2.51. The third-order valence-corrected chi connectivity index (χ3v) is 5.45. The summed E-state index contributed by atoms with van der Waals surface area (Å²) in [7, 11) is 0. The molecule has 7 heteroatoms. The van der Waals surface area contributed by atoms with Crippen molar-refractivity contribution in [1.29, 1.82) is 0 Å². The Morgan fingerprint density at radius 1 is 1.38 bits per heavy atom. The number of carbonyl (C=O) groups excluding carboxylic acids is 1. The molecule has 2 aliphatic carbocycles. The average molecular weight is 309 g/mol. The molecule has 4 atom stereocenters. The normalized spacial score (nSPS) is 30.3. The number of urea groups is 1. The van der Waals surface area contributed by atoms with Gasteiger partial charge in [0.05, 0.1) is 10.9 Å². The summed E-state index contributed by atoms with van der Waals surface area (Å²) in [4.78, 5) is 27.5. The summed E-state index contributed by atoms with van der Waals surface area (Å²) in [6.45, 7) is 0.512. The van der Waals surface area contributed by atoms with Crippen molar-refractivity contribution in [1.82, 2.24) is 15.6 Å². The number of carbonyl (C=O) groups is 2. The van der Waals surface area contributed by atoms with Crippen LogP contribution in [0.5, 0.6) is 0 Å². The van der Waals surface area contributed by atoms with Crippen molar-refractivity contribution in [3.8, 4) is 0 Å². The molecule has 21 heavy (non-hydrogen) atoms. The molecule has 3 rings (SSSR count). The van der Waals surface area contributed by atoms with Gasteiger partial charge in [-0.2, -0.15) is 0 Å². The maximum Gasteiger partial charge on any atom is 0.315 e. The number of hydrogen-bond donors (Lipinski definition) is 3. The number of nitrogens with zero attached hydrogens (tertiary/aromatic N) is 1. The van der Waals surface area contributed by atoms with E-state index in [2.05, 4.69) is 15.6 Å². The van der Waals surface area contributed by atoms with Crippen LogP contribution in [-0.2, 0) is 11.2 Å². The van der Waals surface area contributed by atoms with Crippen molar-refractivity contribution < 1.29 is 14.7 Å². The predicted octanol–water partition coefficient (Wildman–Crippen LogP) is 1.48. The van der Waals surface area contributed by atoms with E-state index in [9.17, 15) is 14.7 Å². The Morgan fingerprint density at radius 2 is 2.19 bits per heavy atom. The van der Waals surface area contributed by atoms with Crippen molar-refractivity contribution in [2.75, 3.05) is 6.54 Å². The van der Waals surface area contributed by atoms with Gasteiger partial charge in [-0.3, -0.25) is 4.79 Å². The number of aliphatic carboxylic acids is 1. The first-order valence-corrected chi connectivity index (χ1v) is 8.18. The molecule has 1 heterocycles. The van der Waals surface area contributed by atoms with Gasteiger partial charge in [-0.15, -0.1) is 11.3 Å². The molecule has 1 aromatic heterocycles. The van der Waals surface area contributed by atoms with E-state index in [1.165, 1.54) is 0 Å². The number of rotatable bonds is 5. The molecule has 0 radical (unpaired) electrons. The summed E-state index contributed by atoms with van der Waals surface area (Å²) in [5.41, 5.74) is 0. The second-order valence-electron chi connectivity index (χ2n) is 5.80. The first-order valence-electron chi connectivity index (χ1n) is 7.30. The number of carboxylic acid groups (broad SMARTS) is 1. The van der Waals surface area contributed by atoms with E-state index < -0.39 is 11.9 Å². The molecule has 4 unspecified atom stereocenters. The van der Waals surface area contributed by atoms with Crippen LogP contribution in [0.3, 0.4) is 0 Å². The Labute approximate surface area is 127 Å². The van der Waals surface area contributed by atoms with Gasteiger partial charge in [-0.1, -0.05) is 0 Å². The van der Waals surface area contributed by atoms with Gasteiger partial charge in [0, 0.05) is 30.6 Å². The number of aromatic nitrogens is 1. The standard InChI is InChI=1S/C14H19N3O3S/c18-13(19)11-8-1-2-9(7-8)12(11)17-14(20)16-4-3-10-15-5-6-21-10/h5-6,8-9,11-12H,1-4,7H2,(H,18,19)(H2,16,17,20). The van der Waals surface area contributed by atoms with Gasteiger partial charge in [0.15, 0.2) is 0 Å².